The summed E-state index contributed by atoms with van der Waals surface area (Å²) in [6, 6.07) is 7.21. The topological polar surface area (TPSA) is 141 Å². The number of rotatable bonds is 10. The van der Waals surface area contributed by atoms with Crippen LogP contribution in [0.5, 0.6) is 0 Å². The second kappa shape index (κ2) is 11.6. The van der Waals surface area contributed by atoms with E-state index in [-0.39, 0.29) is 27.7 Å². The Hall–Kier alpha value is -3.56. The Morgan fingerprint density at radius 3 is 2.52 bits per heavy atom. The summed E-state index contributed by atoms with van der Waals surface area (Å²) in [4.78, 5) is 33.9. The van der Waals surface area contributed by atoms with Crippen molar-refractivity contribution in [3.63, 3.8) is 0 Å². The molecule has 1 fully saturated rings. The fourth-order valence-electron chi connectivity index (χ4n) is 4.79. The molecule has 10 nitrogen and oxygen atoms in total. The van der Waals surface area contributed by atoms with Crippen molar-refractivity contribution in [1.29, 1.82) is 0 Å². The van der Waals surface area contributed by atoms with E-state index in [0.717, 1.165) is 31.9 Å². The molecule has 0 spiro atoms. The molecule has 0 aliphatic heterocycles. The van der Waals surface area contributed by atoms with Gasteiger partial charge in [-0.25, -0.2) is 23.3 Å². The highest BCUT2D eigenvalue weighted by Crippen LogP contribution is 2.41. The molecule has 3 N–H and O–H groups in total. The van der Waals surface area contributed by atoms with Crippen molar-refractivity contribution in [1.82, 2.24) is 29.8 Å². The minimum Gasteiger partial charge on any atom is -0.339 e. The predicted molar refractivity (Wildman–Crippen MR) is 152 cm³/mol. The number of benzene rings is 2. The zero-order valence-electron chi connectivity index (χ0n) is 22.8. The maximum Gasteiger partial charge on any atom is 0.404 e. The number of thiazole rings is 1. The van der Waals surface area contributed by atoms with Crippen molar-refractivity contribution in [2.45, 2.75) is 56.1 Å². The first kappa shape index (κ1) is 29.9. The van der Waals surface area contributed by atoms with Gasteiger partial charge in [0, 0.05) is 31.0 Å². The lowest BCUT2D eigenvalue weighted by Crippen LogP contribution is -2.43. The van der Waals surface area contributed by atoms with Crippen LogP contribution in [0.3, 0.4) is 0 Å². The number of sulfonamides is 1. The first-order chi connectivity index (χ1) is 19.8. The summed E-state index contributed by atoms with van der Waals surface area (Å²) in [5, 5.41) is 7.19. The van der Waals surface area contributed by atoms with Crippen molar-refractivity contribution in [2.75, 3.05) is 13.6 Å². The van der Waals surface area contributed by atoms with Crippen LogP contribution >= 0.6 is 11.3 Å². The first-order valence-electron chi connectivity index (χ1n) is 13.3. The Labute approximate surface area is 243 Å². The van der Waals surface area contributed by atoms with Gasteiger partial charge in [-0.1, -0.05) is 49.6 Å². The fraction of sp³-hybridized carbons (Fsp3) is 0.407. The van der Waals surface area contributed by atoms with Gasteiger partial charge in [-0.2, -0.15) is 23.0 Å². The van der Waals surface area contributed by atoms with E-state index in [1.54, 1.807) is 42.1 Å². The highest BCUT2D eigenvalue weighted by molar-refractivity contribution is 7.89. The number of carbonyl (C=O) groups excluding carboxylic acids is 1. The summed E-state index contributed by atoms with van der Waals surface area (Å²) in [7, 11) is -2.88. The van der Waals surface area contributed by atoms with Crippen molar-refractivity contribution < 1.29 is 26.4 Å². The number of hydrogen-bond acceptors (Lipinski definition) is 7. The SMILES string of the molecule is C[C@H](NS(=O)(=O)c1ccc(-c2sc(C(=O)N(C)CCc3n[nH]c(=O)[nH]3)nc2CC2CCC2)c2ccccc12)C(F)(F)F. The predicted octanol–water partition coefficient (Wildman–Crippen LogP) is 4.26. The molecule has 2 aromatic carbocycles. The third-order valence-electron chi connectivity index (χ3n) is 7.41. The van der Waals surface area contributed by atoms with Gasteiger partial charge in [-0.05, 0) is 30.7 Å². The molecule has 224 valence electrons. The number of aromatic amines is 2. The second-order valence-corrected chi connectivity index (χ2v) is 13.1. The Bertz CT molecular complexity index is 1780. The molecule has 4 aromatic rings. The molecule has 1 aliphatic rings. The van der Waals surface area contributed by atoms with Crippen LogP contribution in [0.15, 0.2) is 46.1 Å². The molecule has 1 saturated carbocycles. The van der Waals surface area contributed by atoms with E-state index in [2.05, 4.69) is 15.2 Å². The summed E-state index contributed by atoms with van der Waals surface area (Å²) in [5.74, 6) is 0.528. The number of hydrogen-bond donors (Lipinski definition) is 3. The van der Waals surface area contributed by atoms with Crippen LogP contribution in [0.25, 0.3) is 21.2 Å². The number of nitrogens with one attached hydrogen (secondary N) is 3. The van der Waals surface area contributed by atoms with Crippen molar-refractivity contribution >= 4 is 38.0 Å². The van der Waals surface area contributed by atoms with Gasteiger partial charge >= 0.3 is 11.9 Å². The number of aromatic nitrogens is 4. The lowest BCUT2D eigenvalue weighted by Gasteiger charge is -2.25. The summed E-state index contributed by atoms with van der Waals surface area (Å²) >= 11 is 1.20. The van der Waals surface area contributed by atoms with Crippen LogP contribution in [-0.2, 0) is 22.9 Å². The number of H-pyrrole nitrogens is 2. The van der Waals surface area contributed by atoms with Gasteiger partial charge in [0.15, 0.2) is 5.01 Å². The number of fused-ring (bicyclic) bond motifs is 1. The molecular formula is C27H29F3N6O4S2. The molecule has 0 unspecified atom stereocenters. The Morgan fingerprint density at radius 2 is 1.90 bits per heavy atom. The third-order valence-corrected chi connectivity index (χ3v) is 10.1. The van der Waals surface area contributed by atoms with Crippen LogP contribution in [0.2, 0.25) is 0 Å². The monoisotopic (exact) mass is 622 g/mol. The van der Waals surface area contributed by atoms with Gasteiger partial charge in [-0.15, -0.1) is 11.3 Å². The van der Waals surface area contributed by atoms with Crippen LogP contribution in [0.1, 0.15) is 47.5 Å². The zero-order chi connectivity index (χ0) is 30.2. The van der Waals surface area contributed by atoms with E-state index in [0.29, 0.717) is 40.4 Å². The number of nitrogens with zero attached hydrogens (tertiary/aromatic N) is 3. The summed E-state index contributed by atoms with van der Waals surface area (Å²) in [6.45, 7) is 1.03. The van der Waals surface area contributed by atoms with Crippen molar-refractivity contribution in [2.24, 2.45) is 5.92 Å². The number of carbonyl (C=O) groups is 1. The molecule has 1 aliphatic carbocycles. The molecule has 0 radical (unpaired) electrons. The molecule has 2 heterocycles. The maximum absolute atomic E-state index is 13.4. The smallest absolute Gasteiger partial charge is 0.339 e. The lowest BCUT2D eigenvalue weighted by atomic mass is 9.81. The van der Waals surface area contributed by atoms with E-state index in [4.69, 9.17) is 4.98 Å². The van der Waals surface area contributed by atoms with Gasteiger partial charge in [0.25, 0.3) is 5.91 Å². The molecule has 15 heteroatoms. The average molecular weight is 623 g/mol. The fourth-order valence-corrected chi connectivity index (χ4v) is 7.36. The molecule has 1 amide bonds. The highest BCUT2D eigenvalue weighted by atomic mass is 32.2. The number of alkyl halides is 3. The Balaban J connectivity index is 1.51. The normalized spacial score (nSPS) is 15.1. The van der Waals surface area contributed by atoms with Crippen molar-refractivity contribution in [3.8, 4) is 10.4 Å². The largest absolute Gasteiger partial charge is 0.404 e. The van der Waals surface area contributed by atoms with Gasteiger partial charge in [0.2, 0.25) is 10.0 Å². The number of amides is 1. The van der Waals surface area contributed by atoms with E-state index < -0.39 is 27.9 Å². The molecule has 1 atom stereocenters. The van der Waals surface area contributed by atoms with E-state index in [1.165, 1.54) is 22.3 Å². The molecule has 5 rings (SSSR count). The van der Waals surface area contributed by atoms with Crippen molar-refractivity contribution in [3.05, 3.63) is 63.4 Å². The van der Waals surface area contributed by atoms with Gasteiger partial charge < -0.3 is 4.90 Å². The number of halogens is 3. The highest BCUT2D eigenvalue weighted by Gasteiger charge is 2.39. The third kappa shape index (κ3) is 6.27. The molecule has 42 heavy (non-hydrogen) atoms. The summed E-state index contributed by atoms with van der Waals surface area (Å²) < 4.78 is 67.3. The molecule has 0 bridgehead atoms. The zero-order valence-corrected chi connectivity index (χ0v) is 24.4. The van der Waals surface area contributed by atoms with Gasteiger partial charge in [-0.3, -0.25) is 9.78 Å². The first-order valence-corrected chi connectivity index (χ1v) is 15.6. The summed E-state index contributed by atoms with van der Waals surface area (Å²) in [6.07, 6.45) is -0.557. The maximum atomic E-state index is 13.4. The molecule has 0 saturated heterocycles. The van der Waals surface area contributed by atoms with E-state index in [9.17, 15) is 31.2 Å². The summed E-state index contributed by atoms with van der Waals surface area (Å²) in [5.41, 5.74) is 0.944. The molecule has 2 aromatic heterocycles. The second-order valence-electron chi connectivity index (χ2n) is 10.4. The standard InChI is InChI=1S/C27H29F3N6O4S2/c1-15(27(28,29)30)35-42(39,40)21-11-10-19(17-8-3-4-9-18(17)21)23-20(14-16-6-5-7-16)31-24(41-23)25(37)36(2)13-12-22-32-26(38)34-33-22/h3-4,8-11,15-16,35H,5-7,12-14H2,1-2H3,(H2,32,33,34,38)/t15-/m0/s1. The number of likely N-dealkylation sites (N-methyl/N-ethyl adjacent to an activating group) is 1. The lowest BCUT2D eigenvalue weighted by molar-refractivity contribution is -0.147. The van der Waals surface area contributed by atoms with Gasteiger partial charge in [0.1, 0.15) is 11.9 Å². The van der Waals surface area contributed by atoms with Gasteiger partial charge in [0.05, 0.1) is 15.5 Å². The van der Waals surface area contributed by atoms with Crippen LogP contribution in [0, 0.1) is 5.92 Å². The van der Waals surface area contributed by atoms with E-state index >= 15 is 0 Å². The molecular weight excluding hydrogens is 593 g/mol. The van der Waals surface area contributed by atoms with Crippen LogP contribution in [-0.4, -0.2) is 65.2 Å². The Morgan fingerprint density at radius 1 is 1.19 bits per heavy atom. The van der Waals surface area contributed by atoms with E-state index in [1.807, 2.05) is 0 Å². The minimum atomic E-state index is -4.74. The quantitative estimate of drug-likeness (QED) is 0.241. The minimum absolute atomic E-state index is 0.262. The van der Waals surface area contributed by atoms with Crippen LogP contribution in [0.4, 0.5) is 13.2 Å². The van der Waals surface area contributed by atoms with Crippen LogP contribution < -0.4 is 10.4 Å². The Kier molecular flexibility index (Phi) is 8.27. The average Bonchev–Trinajstić information content (AvgIpc) is 3.53.